The van der Waals surface area contributed by atoms with E-state index < -0.39 is 11.7 Å². The first-order valence-electron chi connectivity index (χ1n) is 5.20. The number of ether oxygens (including phenoxy) is 1. The molecule has 2 aromatic rings. The van der Waals surface area contributed by atoms with Gasteiger partial charge in [-0.25, -0.2) is 4.39 Å². The van der Waals surface area contributed by atoms with Crippen molar-refractivity contribution in [2.75, 3.05) is 5.73 Å². The van der Waals surface area contributed by atoms with E-state index in [1.165, 1.54) is 24.3 Å². The first kappa shape index (κ1) is 11.9. The minimum atomic E-state index is -0.624. The summed E-state index contributed by atoms with van der Waals surface area (Å²) in [5, 5.41) is 0. The molecule has 0 atom stereocenters. The molecule has 4 N–H and O–H groups in total. The van der Waals surface area contributed by atoms with E-state index >= 15 is 0 Å². The number of hydrogen-bond donors (Lipinski definition) is 2. The van der Waals surface area contributed by atoms with Crippen LogP contribution in [0.1, 0.15) is 10.4 Å². The van der Waals surface area contributed by atoms with Crippen molar-refractivity contribution < 1.29 is 13.9 Å². The fourth-order valence-electron chi connectivity index (χ4n) is 1.48. The number of anilines is 1. The second-order valence-electron chi connectivity index (χ2n) is 3.61. The minimum absolute atomic E-state index is 0.114. The molecule has 0 aliphatic carbocycles. The molecule has 0 aromatic heterocycles. The lowest BCUT2D eigenvalue weighted by molar-refractivity contribution is 0.0998. The highest BCUT2D eigenvalue weighted by Gasteiger charge is 2.12. The average Bonchev–Trinajstić information content (AvgIpc) is 2.35. The van der Waals surface area contributed by atoms with Crippen LogP contribution in [-0.4, -0.2) is 5.91 Å². The van der Waals surface area contributed by atoms with Gasteiger partial charge in [-0.1, -0.05) is 18.2 Å². The van der Waals surface area contributed by atoms with Crippen molar-refractivity contribution in [1.29, 1.82) is 0 Å². The summed E-state index contributed by atoms with van der Waals surface area (Å²) in [6.45, 7) is 0. The molecule has 1 amide bonds. The maximum atomic E-state index is 13.2. The fourth-order valence-corrected chi connectivity index (χ4v) is 1.48. The highest BCUT2D eigenvalue weighted by atomic mass is 19.1. The quantitative estimate of drug-likeness (QED) is 0.815. The van der Waals surface area contributed by atoms with Gasteiger partial charge in [-0.2, -0.15) is 0 Å². The number of benzene rings is 2. The molecular formula is C13H11FN2O2. The number of nitrogen functional groups attached to an aromatic ring is 1. The zero-order valence-electron chi connectivity index (χ0n) is 9.39. The molecule has 5 heteroatoms. The van der Waals surface area contributed by atoms with E-state index in [0.717, 1.165) is 0 Å². The van der Waals surface area contributed by atoms with Crippen LogP contribution in [0.5, 0.6) is 11.5 Å². The summed E-state index contributed by atoms with van der Waals surface area (Å²) in [6, 6.07) is 10.6. The van der Waals surface area contributed by atoms with Crippen LogP contribution in [0.3, 0.4) is 0 Å². The average molecular weight is 246 g/mol. The number of carbonyl (C=O) groups is 1. The third-order valence-corrected chi connectivity index (χ3v) is 2.39. The van der Waals surface area contributed by atoms with Crippen molar-refractivity contribution >= 4 is 11.6 Å². The molecule has 92 valence electrons. The van der Waals surface area contributed by atoms with Gasteiger partial charge in [0.25, 0.3) is 5.91 Å². The number of carbonyl (C=O) groups excluding carboxylic acids is 1. The Morgan fingerprint density at radius 3 is 2.44 bits per heavy atom. The zero-order chi connectivity index (χ0) is 13.1. The van der Waals surface area contributed by atoms with Crippen molar-refractivity contribution in [3.8, 4) is 11.5 Å². The Bertz CT molecular complexity index is 599. The van der Waals surface area contributed by atoms with E-state index in [2.05, 4.69) is 0 Å². The lowest BCUT2D eigenvalue weighted by Crippen LogP contribution is -2.12. The van der Waals surface area contributed by atoms with Crippen molar-refractivity contribution in [3.05, 3.63) is 53.8 Å². The first-order valence-corrected chi connectivity index (χ1v) is 5.20. The fraction of sp³-hybridized carbons (Fsp3) is 0. The molecule has 0 fully saturated rings. The van der Waals surface area contributed by atoms with E-state index in [-0.39, 0.29) is 22.7 Å². The number of hydrogen-bond acceptors (Lipinski definition) is 3. The van der Waals surface area contributed by atoms with Crippen LogP contribution in [0.4, 0.5) is 10.1 Å². The van der Waals surface area contributed by atoms with Crippen LogP contribution in [-0.2, 0) is 0 Å². The summed E-state index contributed by atoms with van der Waals surface area (Å²) in [4.78, 5) is 11.2. The van der Waals surface area contributed by atoms with E-state index in [4.69, 9.17) is 16.2 Å². The molecule has 4 nitrogen and oxygen atoms in total. The number of halogens is 1. The molecule has 0 bridgehead atoms. The zero-order valence-corrected chi connectivity index (χ0v) is 9.39. The van der Waals surface area contributed by atoms with E-state index in [1.807, 2.05) is 0 Å². The molecule has 0 saturated carbocycles. The first-order chi connectivity index (χ1) is 8.59. The molecule has 0 radical (unpaired) electrons. The van der Waals surface area contributed by atoms with Crippen LogP contribution in [0.15, 0.2) is 42.5 Å². The Balaban J connectivity index is 2.40. The highest BCUT2D eigenvalue weighted by Crippen LogP contribution is 2.30. The van der Waals surface area contributed by atoms with Gasteiger partial charge in [-0.3, -0.25) is 4.79 Å². The number of nitrogens with two attached hydrogens (primary N) is 2. The lowest BCUT2D eigenvalue weighted by atomic mass is 10.2. The van der Waals surface area contributed by atoms with E-state index in [0.29, 0.717) is 0 Å². The molecule has 2 rings (SSSR count). The topological polar surface area (TPSA) is 78.3 Å². The van der Waals surface area contributed by atoms with Gasteiger partial charge in [0.15, 0.2) is 5.75 Å². The molecule has 0 heterocycles. The largest absolute Gasteiger partial charge is 0.454 e. The predicted molar refractivity (Wildman–Crippen MR) is 65.8 cm³/mol. The van der Waals surface area contributed by atoms with E-state index in [9.17, 15) is 9.18 Å². The normalized spacial score (nSPS) is 10.1. The van der Waals surface area contributed by atoms with Crippen LogP contribution >= 0.6 is 0 Å². The van der Waals surface area contributed by atoms with Gasteiger partial charge < -0.3 is 16.2 Å². The molecular weight excluding hydrogens is 235 g/mol. The van der Waals surface area contributed by atoms with Gasteiger partial charge >= 0.3 is 0 Å². The number of primary amides is 1. The molecule has 0 aliphatic rings. The maximum Gasteiger partial charge on any atom is 0.252 e. The van der Waals surface area contributed by atoms with Crippen molar-refractivity contribution in [2.45, 2.75) is 0 Å². The number of amides is 1. The van der Waals surface area contributed by atoms with Gasteiger partial charge in [0.05, 0.1) is 5.56 Å². The summed E-state index contributed by atoms with van der Waals surface area (Å²) < 4.78 is 18.7. The molecule has 18 heavy (non-hydrogen) atoms. The van der Waals surface area contributed by atoms with Crippen LogP contribution in [0, 0.1) is 5.82 Å². The van der Waals surface area contributed by atoms with Crippen molar-refractivity contribution in [2.24, 2.45) is 5.73 Å². The summed E-state index contributed by atoms with van der Waals surface area (Å²) in [6.07, 6.45) is 0. The van der Waals surface area contributed by atoms with Gasteiger partial charge in [0.1, 0.15) is 17.3 Å². The third kappa shape index (κ3) is 2.24. The smallest absolute Gasteiger partial charge is 0.252 e. The van der Waals surface area contributed by atoms with Gasteiger partial charge in [-0.05, 0) is 24.3 Å². The Labute approximate surface area is 103 Å². The monoisotopic (exact) mass is 246 g/mol. The summed E-state index contributed by atoms with van der Waals surface area (Å²) in [5.41, 5.74) is 10.8. The Morgan fingerprint density at radius 1 is 1.06 bits per heavy atom. The summed E-state index contributed by atoms with van der Waals surface area (Å²) >= 11 is 0. The highest BCUT2D eigenvalue weighted by molar-refractivity contribution is 5.95. The van der Waals surface area contributed by atoms with Gasteiger partial charge in [0.2, 0.25) is 0 Å². The van der Waals surface area contributed by atoms with Crippen LogP contribution < -0.4 is 16.2 Å². The summed E-state index contributed by atoms with van der Waals surface area (Å²) in [5.74, 6) is -0.823. The third-order valence-electron chi connectivity index (χ3n) is 2.39. The molecule has 2 aromatic carbocycles. The van der Waals surface area contributed by atoms with Gasteiger partial charge in [-0.15, -0.1) is 0 Å². The van der Waals surface area contributed by atoms with Crippen molar-refractivity contribution in [1.82, 2.24) is 0 Å². The van der Waals surface area contributed by atoms with Crippen LogP contribution in [0.2, 0.25) is 0 Å². The summed E-state index contributed by atoms with van der Waals surface area (Å²) in [7, 11) is 0. The van der Waals surface area contributed by atoms with Crippen LogP contribution in [0.25, 0.3) is 0 Å². The molecule has 0 spiro atoms. The standard InChI is InChI=1S/C13H11FN2O2/c14-9-5-3-7-11(12(9)15)18-10-6-2-1-4-8(10)13(16)17/h1-7H,15H2,(H2,16,17). The maximum absolute atomic E-state index is 13.2. The van der Waals surface area contributed by atoms with Crippen molar-refractivity contribution in [3.63, 3.8) is 0 Å². The molecule has 0 saturated heterocycles. The Hall–Kier alpha value is -2.56. The SMILES string of the molecule is NC(=O)c1ccccc1Oc1cccc(F)c1N. The van der Waals surface area contributed by atoms with Gasteiger partial charge in [0, 0.05) is 0 Å². The Kier molecular flexibility index (Phi) is 3.14. The lowest BCUT2D eigenvalue weighted by Gasteiger charge is -2.11. The predicted octanol–water partition coefficient (Wildman–Crippen LogP) is 2.30. The molecule has 0 unspecified atom stereocenters. The number of rotatable bonds is 3. The number of para-hydroxylation sites is 2. The molecule has 0 aliphatic heterocycles. The second-order valence-corrected chi connectivity index (χ2v) is 3.61. The Morgan fingerprint density at radius 2 is 1.72 bits per heavy atom. The minimum Gasteiger partial charge on any atom is -0.454 e. The second kappa shape index (κ2) is 4.75. The van der Waals surface area contributed by atoms with E-state index in [1.54, 1.807) is 18.2 Å².